The van der Waals surface area contributed by atoms with Crippen LogP contribution in [-0.4, -0.2) is 45.0 Å². The predicted molar refractivity (Wildman–Crippen MR) is 81.4 cm³/mol. The number of rotatable bonds is 6. The van der Waals surface area contributed by atoms with Gasteiger partial charge in [-0.15, -0.1) is 0 Å². The first-order valence-electron chi connectivity index (χ1n) is 6.35. The second-order valence-electron chi connectivity index (χ2n) is 4.41. The predicted octanol–water partition coefficient (Wildman–Crippen LogP) is 1.57. The summed E-state index contributed by atoms with van der Waals surface area (Å²) in [6.45, 7) is 0. The Hall–Kier alpha value is -2.15. The summed E-state index contributed by atoms with van der Waals surface area (Å²) in [6, 6.07) is 4.02. The number of carboxylic acid groups (broad SMARTS) is 1. The molecule has 1 aromatic carbocycles. The van der Waals surface area contributed by atoms with Crippen molar-refractivity contribution in [2.45, 2.75) is 12.5 Å². The molecule has 1 amide bonds. The highest BCUT2D eigenvalue weighted by atomic mass is 32.2. The number of hydrogen-bond donors (Lipinski definition) is 2. The molecule has 0 saturated carbocycles. The smallest absolute Gasteiger partial charge is 0.326 e. The number of fused-ring (bicyclic) bond motifs is 1. The number of aliphatic carboxylic acids is 1. The van der Waals surface area contributed by atoms with E-state index in [-0.39, 0.29) is 0 Å². The van der Waals surface area contributed by atoms with Crippen LogP contribution in [0.4, 0.5) is 0 Å². The van der Waals surface area contributed by atoms with E-state index >= 15 is 0 Å². The standard InChI is InChI=1S/C14H15N3O3S/c1-21-7-4-11(14(19)20)17-13(18)9-2-3-10-12(8-9)16-6-5-15-10/h2-3,5-6,8,11H,4,7H2,1H3,(H,17,18)(H,19,20)/t11-/m0/s1. The maximum absolute atomic E-state index is 12.1. The second-order valence-corrected chi connectivity index (χ2v) is 5.39. The van der Waals surface area contributed by atoms with Crippen LogP contribution in [0.3, 0.4) is 0 Å². The van der Waals surface area contributed by atoms with E-state index in [4.69, 9.17) is 5.11 Å². The third-order valence-corrected chi connectivity index (χ3v) is 3.59. The van der Waals surface area contributed by atoms with Gasteiger partial charge in [-0.1, -0.05) is 0 Å². The molecule has 7 heteroatoms. The Bertz CT molecular complexity index is 663. The average Bonchev–Trinajstić information content (AvgIpc) is 2.50. The van der Waals surface area contributed by atoms with Gasteiger partial charge in [-0.25, -0.2) is 4.79 Å². The second kappa shape index (κ2) is 7.03. The summed E-state index contributed by atoms with van der Waals surface area (Å²) in [5, 5.41) is 11.7. The summed E-state index contributed by atoms with van der Waals surface area (Å²) in [5.41, 5.74) is 1.66. The molecular weight excluding hydrogens is 290 g/mol. The fourth-order valence-corrected chi connectivity index (χ4v) is 2.31. The van der Waals surface area contributed by atoms with Gasteiger partial charge in [0.15, 0.2) is 0 Å². The summed E-state index contributed by atoms with van der Waals surface area (Å²) in [7, 11) is 0. The number of carbonyl (C=O) groups is 2. The van der Waals surface area contributed by atoms with E-state index in [9.17, 15) is 9.59 Å². The Balaban J connectivity index is 2.15. The number of amides is 1. The zero-order valence-electron chi connectivity index (χ0n) is 11.4. The monoisotopic (exact) mass is 305 g/mol. The van der Waals surface area contributed by atoms with Crippen LogP contribution in [0, 0.1) is 0 Å². The Labute approximate surface area is 126 Å². The summed E-state index contributed by atoms with van der Waals surface area (Å²) in [5.74, 6) is -0.783. The van der Waals surface area contributed by atoms with Crippen molar-refractivity contribution in [3.8, 4) is 0 Å². The average molecular weight is 305 g/mol. The summed E-state index contributed by atoms with van der Waals surface area (Å²) >= 11 is 1.54. The quantitative estimate of drug-likeness (QED) is 0.841. The highest BCUT2D eigenvalue weighted by Gasteiger charge is 2.20. The summed E-state index contributed by atoms with van der Waals surface area (Å²) < 4.78 is 0. The molecule has 0 aliphatic carbocycles. The molecule has 2 rings (SSSR count). The molecule has 1 aromatic heterocycles. The maximum Gasteiger partial charge on any atom is 0.326 e. The molecule has 6 nitrogen and oxygen atoms in total. The fourth-order valence-electron chi connectivity index (χ4n) is 1.84. The minimum absolute atomic E-state index is 0.374. The first kappa shape index (κ1) is 15.2. The molecular formula is C14H15N3O3S. The number of benzene rings is 1. The molecule has 0 spiro atoms. The topological polar surface area (TPSA) is 92.2 Å². The van der Waals surface area contributed by atoms with Crippen molar-refractivity contribution in [3.63, 3.8) is 0 Å². The largest absolute Gasteiger partial charge is 0.480 e. The molecule has 2 N–H and O–H groups in total. The molecule has 0 aliphatic heterocycles. The van der Waals surface area contributed by atoms with E-state index in [1.54, 1.807) is 30.6 Å². The lowest BCUT2D eigenvalue weighted by molar-refractivity contribution is -0.139. The lowest BCUT2D eigenvalue weighted by Gasteiger charge is -2.14. The van der Waals surface area contributed by atoms with Gasteiger partial charge in [0.05, 0.1) is 11.0 Å². The molecule has 0 radical (unpaired) electrons. The number of nitrogens with one attached hydrogen (secondary N) is 1. The highest BCUT2D eigenvalue weighted by Crippen LogP contribution is 2.11. The Kier molecular flexibility index (Phi) is 5.10. The SMILES string of the molecule is CSCC[C@H](NC(=O)c1ccc2nccnc2c1)C(=O)O. The van der Waals surface area contributed by atoms with Gasteiger partial charge in [0.2, 0.25) is 0 Å². The Morgan fingerprint density at radius 1 is 1.29 bits per heavy atom. The van der Waals surface area contributed by atoms with Crippen LogP contribution < -0.4 is 5.32 Å². The normalized spacial score (nSPS) is 12.0. The van der Waals surface area contributed by atoms with Gasteiger partial charge in [0, 0.05) is 18.0 Å². The molecule has 21 heavy (non-hydrogen) atoms. The van der Waals surface area contributed by atoms with Crippen molar-refractivity contribution in [2.24, 2.45) is 0 Å². The van der Waals surface area contributed by atoms with Crippen molar-refractivity contribution >= 4 is 34.7 Å². The minimum atomic E-state index is -1.03. The maximum atomic E-state index is 12.1. The van der Waals surface area contributed by atoms with Crippen LogP contribution in [0.5, 0.6) is 0 Å². The van der Waals surface area contributed by atoms with Crippen molar-refractivity contribution in [1.82, 2.24) is 15.3 Å². The van der Waals surface area contributed by atoms with Crippen LogP contribution in [0.25, 0.3) is 11.0 Å². The molecule has 0 saturated heterocycles. The highest BCUT2D eigenvalue weighted by molar-refractivity contribution is 7.98. The first-order chi connectivity index (χ1) is 10.1. The van der Waals surface area contributed by atoms with E-state index in [2.05, 4.69) is 15.3 Å². The van der Waals surface area contributed by atoms with E-state index in [0.29, 0.717) is 28.8 Å². The van der Waals surface area contributed by atoms with Crippen molar-refractivity contribution in [3.05, 3.63) is 36.2 Å². The third kappa shape index (κ3) is 3.91. The van der Waals surface area contributed by atoms with Crippen LogP contribution in [-0.2, 0) is 4.79 Å². The van der Waals surface area contributed by atoms with Gasteiger partial charge in [0.25, 0.3) is 5.91 Å². The van der Waals surface area contributed by atoms with Gasteiger partial charge in [-0.3, -0.25) is 14.8 Å². The van der Waals surface area contributed by atoms with Gasteiger partial charge in [-0.05, 0) is 36.6 Å². The molecule has 110 valence electrons. The minimum Gasteiger partial charge on any atom is -0.480 e. The van der Waals surface area contributed by atoms with Gasteiger partial charge < -0.3 is 10.4 Å². The third-order valence-electron chi connectivity index (χ3n) is 2.95. The van der Waals surface area contributed by atoms with Gasteiger partial charge >= 0.3 is 5.97 Å². The molecule has 1 atom stereocenters. The van der Waals surface area contributed by atoms with Crippen LogP contribution in [0.15, 0.2) is 30.6 Å². The van der Waals surface area contributed by atoms with Gasteiger partial charge in [-0.2, -0.15) is 11.8 Å². The van der Waals surface area contributed by atoms with Crippen molar-refractivity contribution < 1.29 is 14.7 Å². The summed E-state index contributed by atoms with van der Waals surface area (Å²) in [4.78, 5) is 31.5. The lowest BCUT2D eigenvalue weighted by Crippen LogP contribution is -2.41. The number of thioether (sulfide) groups is 1. The first-order valence-corrected chi connectivity index (χ1v) is 7.74. The van der Waals surface area contributed by atoms with E-state index in [0.717, 1.165) is 0 Å². The lowest BCUT2D eigenvalue weighted by atomic mass is 10.1. The van der Waals surface area contributed by atoms with Crippen LogP contribution >= 0.6 is 11.8 Å². The van der Waals surface area contributed by atoms with Crippen LogP contribution in [0.2, 0.25) is 0 Å². The zero-order valence-corrected chi connectivity index (χ0v) is 12.3. The van der Waals surface area contributed by atoms with Gasteiger partial charge in [0.1, 0.15) is 6.04 Å². The van der Waals surface area contributed by atoms with E-state index < -0.39 is 17.9 Å². The van der Waals surface area contributed by atoms with E-state index in [1.165, 1.54) is 11.8 Å². The van der Waals surface area contributed by atoms with Crippen LogP contribution in [0.1, 0.15) is 16.8 Å². The Morgan fingerprint density at radius 2 is 2.00 bits per heavy atom. The number of aromatic nitrogens is 2. The Morgan fingerprint density at radius 3 is 2.67 bits per heavy atom. The molecule has 0 bridgehead atoms. The molecule has 0 unspecified atom stereocenters. The van der Waals surface area contributed by atoms with E-state index in [1.807, 2.05) is 6.26 Å². The van der Waals surface area contributed by atoms with Crippen molar-refractivity contribution in [1.29, 1.82) is 0 Å². The number of nitrogens with zero attached hydrogens (tertiary/aromatic N) is 2. The number of carbonyl (C=O) groups excluding carboxylic acids is 1. The summed E-state index contributed by atoms with van der Waals surface area (Å²) in [6.07, 6.45) is 5.39. The molecule has 0 aliphatic rings. The molecule has 2 aromatic rings. The van der Waals surface area contributed by atoms with Crippen molar-refractivity contribution in [2.75, 3.05) is 12.0 Å². The zero-order chi connectivity index (χ0) is 15.2. The molecule has 1 heterocycles. The fraction of sp³-hybridized carbons (Fsp3) is 0.286. The number of carboxylic acids is 1. The molecule has 0 fully saturated rings. The number of hydrogen-bond acceptors (Lipinski definition) is 5.